The quantitative estimate of drug-likeness (QED) is 0.908. The van der Waals surface area contributed by atoms with Crippen LogP contribution in [0.25, 0.3) is 0 Å². The van der Waals surface area contributed by atoms with E-state index in [0.717, 1.165) is 18.5 Å². The lowest BCUT2D eigenvalue weighted by atomic mass is 10.1. The minimum absolute atomic E-state index is 0.0237. The van der Waals surface area contributed by atoms with E-state index in [9.17, 15) is 4.79 Å². The lowest BCUT2D eigenvalue weighted by molar-refractivity contribution is -0.136. The maximum atomic E-state index is 12.2. The summed E-state index contributed by atoms with van der Waals surface area (Å²) in [7, 11) is 1.53. The predicted octanol–water partition coefficient (Wildman–Crippen LogP) is 1.93. The van der Waals surface area contributed by atoms with Crippen LogP contribution in [-0.4, -0.2) is 46.0 Å². The Morgan fingerprint density at radius 3 is 2.96 bits per heavy atom. The summed E-state index contributed by atoms with van der Waals surface area (Å²) < 4.78 is 4.97. The molecule has 7 heteroatoms. The number of ether oxygens (including phenoxy) is 1. The summed E-state index contributed by atoms with van der Waals surface area (Å²) in [5, 5.41) is 3.19. The summed E-state index contributed by atoms with van der Waals surface area (Å²) in [5.74, 6) is 1.31. The van der Waals surface area contributed by atoms with Crippen LogP contribution in [0.15, 0.2) is 36.8 Å². The van der Waals surface area contributed by atoms with Gasteiger partial charge in [0.2, 0.25) is 5.91 Å². The van der Waals surface area contributed by atoms with E-state index < -0.39 is 0 Å². The highest BCUT2D eigenvalue weighted by atomic mass is 16.5. The number of likely N-dealkylation sites (tertiary alicyclic amines) is 1. The van der Waals surface area contributed by atoms with Crippen molar-refractivity contribution in [1.82, 2.24) is 19.9 Å². The van der Waals surface area contributed by atoms with Crippen molar-refractivity contribution >= 4 is 17.5 Å². The van der Waals surface area contributed by atoms with Crippen LogP contribution in [0.4, 0.5) is 11.6 Å². The van der Waals surface area contributed by atoms with E-state index in [1.54, 1.807) is 18.6 Å². The van der Waals surface area contributed by atoms with Crippen molar-refractivity contribution in [1.29, 1.82) is 0 Å². The van der Waals surface area contributed by atoms with Gasteiger partial charge in [0.25, 0.3) is 0 Å². The number of carbonyl (C=O) groups excluding carboxylic acids is 1. The maximum Gasteiger partial charge on any atom is 0.249 e. The zero-order valence-electron chi connectivity index (χ0n) is 13.0. The number of rotatable bonds is 5. The Kier molecular flexibility index (Phi) is 4.77. The fraction of sp³-hybridized carbons (Fsp3) is 0.375. The predicted molar refractivity (Wildman–Crippen MR) is 85.1 cm³/mol. The van der Waals surface area contributed by atoms with Gasteiger partial charge in [0.15, 0.2) is 5.82 Å². The number of pyridine rings is 1. The molecule has 3 rings (SSSR count). The topological polar surface area (TPSA) is 80.2 Å². The van der Waals surface area contributed by atoms with E-state index in [0.29, 0.717) is 18.2 Å². The number of nitrogens with zero attached hydrogens (tertiary/aromatic N) is 4. The summed E-state index contributed by atoms with van der Waals surface area (Å²) in [6.07, 6.45) is 6.80. The van der Waals surface area contributed by atoms with E-state index in [1.807, 2.05) is 23.1 Å². The Morgan fingerprint density at radius 1 is 1.30 bits per heavy atom. The molecule has 0 aromatic carbocycles. The van der Waals surface area contributed by atoms with Crippen molar-refractivity contribution < 1.29 is 9.53 Å². The van der Waals surface area contributed by atoms with Crippen molar-refractivity contribution in [2.24, 2.45) is 0 Å². The van der Waals surface area contributed by atoms with E-state index in [2.05, 4.69) is 20.3 Å². The van der Waals surface area contributed by atoms with Crippen molar-refractivity contribution in [3.05, 3.63) is 42.5 Å². The van der Waals surface area contributed by atoms with Gasteiger partial charge in [-0.25, -0.2) is 9.97 Å². The average Bonchev–Trinajstić information content (AvgIpc) is 3.06. The van der Waals surface area contributed by atoms with Gasteiger partial charge in [-0.2, -0.15) is 0 Å². The highest BCUT2D eigenvalue weighted by Gasteiger charge is 2.32. The van der Waals surface area contributed by atoms with Crippen molar-refractivity contribution in [2.45, 2.75) is 18.9 Å². The third kappa shape index (κ3) is 3.45. The fourth-order valence-corrected chi connectivity index (χ4v) is 2.80. The van der Waals surface area contributed by atoms with Gasteiger partial charge in [0.05, 0.1) is 6.04 Å². The highest BCUT2D eigenvalue weighted by Crippen LogP contribution is 2.34. The summed E-state index contributed by atoms with van der Waals surface area (Å²) in [4.78, 5) is 27.1. The molecule has 0 aliphatic carbocycles. The second-order valence-electron chi connectivity index (χ2n) is 5.31. The van der Waals surface area contributed by atoms with Crippen molar-refractivity contribution in [3.8, 4) is 0 Å². The van der Waals surface area contributed by atoms with Crippen LogP contribution in [0.1, 0.15) is 24.6 Å². The number of methoxy groups -OCH3 is 1. The molecule has 0 spiro atoms. The van der Waals surface area contributed by atoms with Gasteiger partial charge in [-0.3, -0.25) is 9.78 Å². The second-order valence-corrected chi connectivity index (χ2v) is 5.31. The molecule has 0 saturated carbocycles. The SMILES string of the molecule is COCC(=O)N1CCC[C@H]1c1nccnc1Nc1ccccn1. The van der Waals surface area contributed by atoms with Crippen LogP contribution in [0.5, 0.6) is 0 Å². The highest BCUT2D eigenvalue weighted by molar-refractivity contribution is 5.78. The lowest BCUT2D eigenvalue weighted by Crippen LogP contribution is -2.34. The monoisotopic (exact) mass is 313 g/mol. The van der Waals surface area contributed by atoms with E-state index in [4.69, 9.17) is 4.74 Å². The third-order valence-corrected chi connectivity index (χ3v) is 3.79. The molecule has 2 aromatic heterocycles. The van der Waals surface area contributed by atoms with E-state index in [1.165, 1.54) is 7.11 Å². The standard InChI is InChI=1S/C16H19N5O2/c1-23-11-14(22)21-10-4-5-12(21)15-16(19-9-8-18-15)20-13-6-2-3-7-17-13/h2-3,6-9,12H,4-5,10-11H2,1H3,(H,17,19,20)/t12-/m0/s1. The molecule has 0 radical (unpaired) electrons. The van der Waals surface area contributed by atoms with Gasteiger partial charge in [0.1, 0.15) is 18.1 Å². The van der Waals surface area contributed by atoms with Crippen molar-refractivity contribution in [3.63, 3.8) is 0 Å². The Morgan fingerprint density at radius 2 is 2.17 bits per heavy atom. The second kappa shape index (κ2) is 7.15. The Hall–Kier alpha value is -2.54. The molecule has 1 saturated heterocycles. The van der Waals surface area contributed by atoms with Gasteiger partial charge in [-0.15, -0.1) is 0 Å². The summed E-state index contributed by atoms with van der Waals surface area (Å²) in [6.45, 7) is 0.798. The largest absolute Gasteiger partial charge is 0.375 e. The summed E-state index contributed by atoms with van der Waals surface area (Å²) in [6, 6.07) is 5.53. The van der Waals surface area contributed by atoms with E-state index in [-0.39, 0.29) is 18.6 Å². The lowest BCUT2D eigenvalue weighted by Gasteiger charge is -2.25. The molecule has 120 valence electrons. The van der Waals surface area contributed by atoms with Gasteiger partial charge in [-0.05, 0) is 25.0 Å². The smallest absolute Gasteiger partial charge is 0.249 e. The Labute approximate surface area is 134 Å². The molecule has 1 atom stereocenters. The molecule has 23 heavy (non-hydrogen) atoms. The molecule has 3 heterocycles. The summed E-state index contributed by atoms with van der Waals surface area (Å²) >= 11 is 0. The molecule has 1 amide bonds. The number of nitrogens with one attached hydrogen (secondary N) is 1. The molecule has 2 aromatic rings. The van der Waals surface area contributed by atoms with Gasteiger partial charge < -0.3 is 15.0 Å². The van der Waals surface area contributed by atoms with Crippen LogP contribution in [0, 0.1) is 0 Å². The van der Waals surface area contributed by atoms with Gasteiger partial charge >= 0.3 is 0 Å². The molecular formula is C16H19N5O2. The molecule has 1 fully saturated rings. The third-order valence-electron chi connectivity index (χ3n) is 3.79. The van der Waals surface area contributed by atoms with Crippen molar-refractivity contribution in [2.75, 3.05) is 25.6 Å². The molecule has 0 unspecified atom stereocenters. The number of anilines is 2. The fourth-order valence-electron chi connectivity index (χ4n) is 2.80. The summed E-state index contributed by atoms with van der Waals surface area (Å²) in [5.41, 5.74) is 0.764. The Bertz CT molecular complexity index is 665. The van der Waals surface area contributed by atoms with E-state index >= 15 is 0 Å². The number of aromatic nitrogens is 3. The minimum Gasteiger partial charge on any atom is -0.375 e. The molecular weight excluding hydrogens is 294 g/mol. The first-order valence-corrected chi connectivity index (χ1v) is 7.57. The molecule has 1 N–H and O–H groups in total. The minimum atomic E-state index is -0.0856. The number of hydrogen-bond acceptors (Lipinski definition) is 6. The van der Waals surface area contributed by atoms with Crippen LogP contribution >= 0.6 is 0 Å². The molecule has 7 nitrogen and oxygen atoms in total. The van der Waals surface area contributed by atoms with Crippen LogP contribution in [0.3, 0.4) is 0 Å². The van der Waals surface area contributed by atoms with Gasteiger partial charge in [0, 0.05) is 32.2 Å². The van der Waals surface area contributed by atoms with Crippen LogP contribution in [-0.2, 0) is 9.53 Å². The molecule has 1 aliphatic rings. The maximum absolute atomic E-state index is 12.2. The number of carbonyl (C=O) groups is 1. The average molecular weight is 313 g/mol. The number of amides is 1. The van der Waals surface area contributed by atoms with Crippen LogP contribution in [0.2, 0.25) is 0 Å². The first-order chi connectivity index (χ1) is 11.3. The first kappa shape index (κ1) is 15.4. The zero-order valence-corrected chi connectivity index (χ0v) is 13.0. The zero-order chi connectivity index (χ0) is 16.1. The van der Waals surface area contributed by atoms with Gasteiger partial charge in [-0.1, -0.05) is 6.07 Å². The normalized spacial score (nSPS) is 17.3. The molecule has 1 aliphatic heterocycles. The van der Waals surface area contributed by atoms with Crippen LogP contribution < -0.4 is 5.32 Å². The molecule has 0 bridgehead atoms. The Balaban J connectivity index is 1.86. The number of hydrogen-bond donors (Lipinski definition) is 1. The first-order valence-electron chi connectivity index (χ1n) is 7.57.